The van der Waals surface area contributed by atoms with E-state index in [2.05, 4.69) is 51.5 Å². The Hall–Kier alpha value is -2.44. The van der Waals surface area contributed by atoms with Gasteiger partial charge in [0.05, 0.1) is 18.3 Å². The van der Waals surface area contributed by atoms with E-state index >= 15 is 0 Å². The van der Waals surface area contributed by atoms with Crippen molar-refractivity contribution in [3.63, 3.8) is 0 Å². The van der Waals surface area contributed by atoms with E-state index in [9.17, 15) is 4.79 Å². The zero-order valence-electron chi connectivity index (χ0n) is 15.3. The van der Waals surface area contributed by atoms with Gasteiger partial charge >= 0.3 is 0 Å². The monoisotopic (exact) mass is 353 g/mol. The number of pyridine rings is 1. The predicted molar refractivity (Wildman–Crippen MR) is 104 cm³/mol. The van der Waals surface area contributed by atoms with Crippen LogP contribution in [0.2, 0.25) is 0 Å². The summed E-state index contributed by atoms with van der Waals surface area (Å²) in [5, 5.41) is 0. The Bertz CT molecular complexity index is 706. The molecule has 0 saturated carbocycles. The van der Waals surface area contributed by atoms with Gasteiger partial charge in [0.25, 0.3) is 0 Å². The molecule has 2 aromatic rings. The number of anilines is 1. The van der Waals surface area contributed by atoms with Gasteiger partial charge in [0, 0.05) is 31.9 Å². The molecule has 2 heterocycles. The number of hydrogen-bond donors (Lipinski definition) is 2. The van der Waals surface area contributed by atoms with E-state index < -0.39 is 0 Å². The van der Waals surface area contributed by atoms with E-state index in [1.165, 1.54) is 11.3 Å². The molecule has 0 radical (unpaired) electrons. The molecular formula is C20H27N5O. The third-order valence-electron chi connectivity index (χ3n) is 4.90. The minimum atomic E-state index is -0.178. The minimum absolute atomic E-state index is 0.178. The fraction of sp³-hybridized carbons (Fsp3) is 0.400. The van der Waals surface area contributed by atoms with Crippen LogP contribution in [0.3, 0.4) is 0 Å². The average molecular weight is 353 g/mol. The van der Waals surface area contributed by atoms with Crippen LogP contribution >= 0.6 is 0 Å². The Morgan fingerprint density at radius 3 is 2.35 bits per heavy atom. The maximum Gasteiger partial charge on any atom is 0.238 e. The number of nitrogens with zero attached hydrogens (tertiary/aromatic N) is 3. The van der Waals surface area contributed by atoms with Gasteiger partial charge in [-0.05, 0) is 43.1 Å². The quantitative estimate of drug-likeness (QED) is 0.463. The van der Waals surface area contributed by atoms with Crippen LogP contribution in [0.15, 0.2) is 42.6 Å². The maximum absolute atomic E-state index is 11.3. The molecule has 1 amide bonds. The first kappa shape index (κ1) is 18.4. The number of nitrogens with one attached hydrogen (secondary N) is 1. The minimum Gasteiger partial charge on any atom is -0.368 e. The Labute approximate surface area is 155 Å². The number of amides is 1. The van der Waals surface area contributed by atoms with Crippen LogP contribution in [0.4, 0.5) is 5.69 Å². The van der Waals surface area contributed by atoms with Crippen molar-refractivity contribution in [3.05, 3.63) is 59.4 Å². The summed E-state index contributed by atoms with van der Waals surface area (Å²) in [7, 11) is 2.16. The summed E-state index contributed by atoms with van der Waals surface area (Å²) in [5.74, 6) is 4.94. The summed E-state index contributed by atoms with van der Waals surface area (Å²) in [5.41, 5.74) is 6.68. The predicted octanol–water partition coefficient (Wildman–Crippen LogP) is 1.15. The van der Waals surface area contributed by atoms with Crippen LogP contribution in [0.5, 0.6) is 0 Å². The number of hydrazine groups is 1. The Kier molecular flexibility index (Phi) is 6.20. The first-order chi connectivity index (χ1) is 12.6. The van der Waals surface area contributed by atoms with Crippen molar-refractivity contribution in [2.24, 2.45) is 5.84 Å². The Morgan fingerprint density at radius 1 is 1.04 bits per heavy atom. The zero-order valence-corrected chi connectivity index (χ0v) is 15.3. The number of aromatic nitrogens is 1. The van der Waals surface area contributed by atoms with Crippen molar-refractivity contribution in [3.8, 4) is 0 Å². The largest absolute Gasteiger partial charge is 0.368 e. The average Bonchev–Trinajstić information content (AvgIpc) is 2.68. The number of hydrogen-bond acceptors (Lipinski definition) is 5. The van der Waals surface area contributed by atoms with Crippen molar-refractivity contribution in [1.29, 1.82) is 0 Å². The third kappa shape index (κ3) is 5.03. The lowest BCUT2D eigenvalue weighted by atomic mass is 10.0. The molecule has 0 bridgehead atoms. The van der Waals surface area contributed by atoms with Crippen LogP contribution in [0.25, 0.3) is 0 Å². The number of carbonyl (C=O) groups excluding carboxylic acids is 1. The van der Waals surface area contributed by atoms with Gasteiger partial charge in [-0.25, -0.2) is 5.84 Å². The molecule has 26 heavy (non-hydrogen) atoms. The molecule has 3 rings (SSSR count). The molecule has 138 valence electrons. The van der Waals surface area contributed by atoms with Gasteiger partial charge in [-0.15, -0.1) is 0 Å². The highest BCUT2D eigenvalue weighted by atomic mass is 16.2. The van der Waals surface area contributed by atoms with Gasteiger partial charge < -0.3 is 9.80 Å². The van der Waals surface area contributed by atoms with E-state index in [-0.39, 0.29) is 5.91 Å². The van der Waals surface area contributed by atoms with Gasteiger partial charge in [0.1, 0.15) is 0 Å². The molecule has 1 aliphatic heterocycles. The molecule has 0 unspecified atom stereocenters. The second-order valence-corrected chi connectivity index (χ2v) is 6.86. The fourth-order valence-electron chi connectivity index (χ4n) is 3.15. The van der Waals surface area contributed by atoms with Crippen LogP contribution in [0.1, 0.15) is 16.8 Å². The second-order valence-electron chi connectivity index (χ2n) is 6.86. The summed E-state index contributed by atoms with van der Waals surface area (Å²) >= 11 is 0. The van der Waals surface area contributed by atoms with Crippen LogP contribution in [-0.4, -0.2) is 49.0 Å². The molecule has 0 aliphatic carbocycles. The smallest absolute Gasteiger partial charge is 0.238 e. The number of piperazine rings is 1. The third-order valence-corrected chi connectivity index (χ3v) is 4.90. The second kappa shape index (κ2) is 8.78. The summed E-state index contributed by atoms with van der Waals surface area (Å²) in [6, 6.07) is 12.4. The van der Waals surface area contributed by atoms with E-state index in [0.717, 1.165) is 50.3 Å². The van der Waals surface area contributed by atoms with Crippen molar-refractivity contribution in [1.82, 2.24) is 15.3 Å². The molecule has 1 aromatic heterocycles. The van der Waals surface area contributed by atoms with E-state index in [1.54, 1.807) is 0 Å². The lowest BCUT2D eigenvalue weighted by molar-refractivity contribution is -0.120. The zero-order chi connectivity index (χ0) is 18.4. The summed E-state index contributed by atoms with van der Waals surface area (Å²) in [6.45, 7) is 4.33. The highest BCUT2D eigenvalue weighted by Crippen LogP contribution is 2.16. The van der Waals surface area contributed by atoms with Crippen LogP contribution in [0, 0.1) is 0 Å². The molecule has 6 nitrogen and oxygen atoms in total. The molecule has 1 aromatic carbocycles. The fourth-order valence-corrected chi connectivity index (χ4v) is 3.15. The lowest BCUT2D eigenvalue weighted by Crippen LogP contribution is -2.44. The first-order valence-corrected chi connectivity index (χ1v) is 9.10. The summed E-state index contributed by atoms with van der Waals surface area (Å²) in [6.07, 6.45) is 4.15. The van der Waals surface area contributed by atoms with E-state index in [4.69, 9.17) is 5.84 Å². The summed E-state index contributed by atoms with van der Waals surface area (Å²) < 4.78 is 0. The SMILES string of the molecule is CN1CCN(c2ccc(CCc3ccc(CC(=O)NN)cc3)nc2)CC1. The molecular weight excluding hydrogens is 326 g/mol. The summed E-state index contributed by atoms with van der Waals surface area (Å²) in [4.78, 5) is 20.7. The van der Waals surface area contributed by atoms with Gasteiger partial charge in [0.2, 0.25) is 5.91 Å². The first-order valence-electron chi connectivity index (χ1n) is 9.10. The molecule has 0 spiro atoms. The Morgan fingerprint density at radius 2 is 1.73 bits per heavy atom. The van der Waals surface area contributed by atoms with Crippen molar-refractivity contribution in [2.45, 2.75) is 19.3 Å². The van der Waals surface area contributed by atoms with Crippen molar-refractivity contribution < 1.29 is 4.79 Å². The number of aryl methyl sites for hydroxylation is 2. The standard InChI is InChI=1S/C20H27N5O/c1-24-10-12-25(13-11-24)19-9-8-18(22-15-19)7-6-16-2-4-17(5-3-16)14-20(26)23-21/h2-5,8-9,15H,6-7,10-14,21H2,1H3,(H,23,26). The Balaban J connectivity index is 1.51. The highest BCUT2D eigenvalue weighted by Gasteiger charge is 2.14. The van der Waals surface area contributed by atoms with E-state index in [0.29, 0.717) is 6.42 Å². The van der Waals surface area contributed by atoms with Gasteiger partial charge in [-0.3, -0.25) is 15.2 Å². The normalized spacial score (nSPS) is 15.1. The van der Waals surface area contributed by atoms with E-state index in [1.807, 2.05) is 18.3 Å². The lowest BCUT2D eigenvalue weighted by Gasteiger charge is -2.33. The molecule has 6 heteroatoms. The molecule has 1 saturated heterocycles. The van der Waals surface area contributed by atoms with Crippen LogP contribution < -0.4 is 16.2 Å². The van der Waals surface area contributed by atoms with Gasteiger partial charge in [-0.1, -0.05) is 24.3 Å². The molecule has 1 aliphatic rings. The number of likely N-dealkylation sites (N-methyl/N-ethyl adjacent to an activating group) is 1. The highest BCUT2D eigenvalue weighted by molar-refractivity contribution is 5.77. The van der Waals surface area contributed by atoms with Gasteiger partial charge in [-0.2, -0.15) is 0 Å². The van der Waals surface area contributed by atoms with Crippen molar-refractivity contribution in [2.75, 3.05) is 38.1 Å². The topological polar surface area (TPSA) is 74.5 Å². The van der Waals surface area contributed by atoms with Crippen LogP contribution in [-0.2, 0) is 24.1 Å². The molecule has 3 N–H and O–H groups in total. The number of nitrogens with two attached hydrogens (primary N) is 1. The van der Waals surface area contributed by atoms with Crippen molar-refractivity contribution >= 4 is 11.6 Å². The molecule has 0 atom stereocenters. The number of carbonyl (C=O) groups is 1. The molecule has 1 fully saturated rings. The maximum atomic E-state index is 11.3. The number of rotatable bonds is 6. The van der Waals surface area contributed by atoms with Gasteiger partial charge in [0.15, 0.2) is 0 Å². The number of benzene rings is 1.